The molecule has 4 nitrogen and oxygen atoms in total. The predicted octanol–water partition coefficient (Wildman–Crippen LogP) is 3.15. The van der Waals surface area contributed by atoms with Gasteiger partial charge in [0.1, 0.15) is 5.75 Å². The highest BCUT2D eigenvalue weighted by atomic mass is 16.3. The van der Waals surface area contributed by atoms with Crippen molar-refractivity contribution in [2.24, 2.45) is 0 Å². The molecule has 3 aromatic rings. The molecule has 0 unspecified atom stereocenters. The maximum Gasteiger partial charge on any atom is 0.260 e. The number of H-pyrrole nitrogens is 1. The van der Waals surface area contributed by atoms with E-state index in [-0.39, 0.29) is 11.7 Å². The Balaban J connectivity index is 2.00. The van der Waals surface area contributed by atoms with Crippen molar-refractivity contribution in [3.05, 3.63) is 60.3 Å². The number of carbonyl (C=O) groups is 1. The molecule has 1 aromatic heterocycles. The minimum atomic E-state index is -0.118. The number of rotatable bonds is 2. The normalized spacial score (nSPS) is 10.7. The van der Waals surface area contributed by atoms with Gasteiger partial charge in [-0.2, -0.15) is 0 Å². The van der Waals surface area contributed by atoms with Gasteiger partial charge in [-0.25, -0.2) is 0 Å². The molecule has 2 N–H and O–H groups in total. The van der Waals surface area contributed by atoms with Crippen molar-refractivity contribution in [2.45, 2.75) is 0 Å². The second-order valence-electron chi connectivity index (χ2n) is 4.63. The summed E-state index contributed by atoms with van der Waals surface area (Å²) in [6.07, 6.45) is 1.71. The highest BCUT2D eigenvalue weighted by Crippen LogP contribution is 2.24. The first kappa shape index (κ1) is 12.3. The number of aromatic hydroxyl groups is 1. The van der Waals surface area contributed by atoms with Crippen LogP contribution >= 0.6 is 0 Å². The van der Waals surface area contributed by atoms with Gasteiger partial charge in [0, 0.05) is 35.9 Å². The number of nitrogens with one attached hydrogen (secondary N) is 1. The maximum atomic E-state index is 12.6. The van der Waals surface area contributed by atoms with Crippen molar-refractivity contribution in [1.29, 1.82) is 0 Å². The van der Waals surface area contributed by atoms with Crippen molar-refractivity contribution >= 4 is 22.5 Å². The fraction of sp³-hybridized carbons (Fsp3) is 0.0625. The Hall–Kier alpha value is -2.75. The van der Waals surface area contributed by atoms with Gasteiger partial charge < -0.3 is 15.0 Å². The van der Waals surface area contributed by atoms with E-state index in [1.165, 1.54) is 4.90 Å². The van der Waals surface area contributed by atoms with Gasteiger partial charge in [0.2, 0.25) is 0 Å². The Kier molecular flexibility index (Phi) is 2.91. The second kappa shape index (κ2) is 4.74. The predicted molar refractivity (Wildman–Crippen MR) is 79.1 cm³/mol. The lowest BCUT2D eigenvalue weighted by atomic mass is 10.1. The first-order valence-electron chi connectivity index (χ1n) is 6.30. The van der Waals surface area contributed by atoms with E-state index < -0.39 is 0 Å². The Morgan fingerprint density at radius 2 is 1.95 bits per heavy atom. The van der Waals surface area contributed by atoms with Gasteiger partial charge in [-0.05, 0) is 18.2 Å². The SMILES string of the molecule is CN(C(=O)c1c[nH]c2ccccc12)c1cccc(O)c1. The summed E-state index contributed by atoms with van der Waals surface area (Å²) in [5.74, 6) is 0.0223. The molecule has 0 saturated carbocycles. The first-order chi connectivity index (χ1) is 9.66. The third-order valence-corrected chi connectivity index (χ3v) is 3.34. The van der Waals surface area contributed by atoms with E-state index in [0.717, 1.165) is 10.9 Å². The molecular weight excluding hydrogens is 252 g/mol. The zero-order valence-electron chi connectivity index (χ0n) is 11.0. The largest absolute Gasteiger partial charge is 0.508 e. The van der Waals surface area contributed by atoms with Crippen LogP contribution in [0.3, 0.4) is 0 Å². The third-order valence-electron chi connectivity index (χ3n) is 3.34. The van der Waals surface area contributed by atoms with Crippen LogP contribution in [-0.4, -0.2) is 23.0 Å². The van der Waals surface area contributed by atoms with Crippen LogP contribution in [0.25, 0.3) is 10.9 Å². The van der Waals surface area contributed by atoms with Crippen LogP contribution in [0.5, 0.6) is 5.75 Å². The molecule has 0 aliphatic rings. The molecular formula is C16H14N2O2. The van der Waals surface area contributed by atoms with Crippen LogP contribution in [-0.2, 0) is 0 Å². The molecule has 0 aliphatic carbocycles. The van der Waals surface area contributed by atoms with Gasteiger partial charge in [-0.1, -0.05) is 24.3 Å². The van der Waals surface area contributed by atoms with Crippen LogP contribution in [0.1, 0.15) is 10.4 Å². The monoisotopic (exact) mass is 266 g/mol. The maximum absolute atomic E-state index is 12.6. The number of anilines is 1. The van der Waals surface area contributed by atoms with E-state index in [0.29, 0.717) is 11.3 Å². The lowest BCUT2D eigenvalue weighted by Gasteiger charge is -2.17. The van der Waals surface area contributed by atoms with Gasteiger partial charge in [-0.15, -0.1) is 0 Å². The molecule has 1 heterocycles. The van der Waals surface area contributed by atoms with Crippen molar-refractivity contribution < 1.29 is 9.90 Å². The van der Waals surface area contributed by atoms with E-state index in [1.54, 1.807) is 37.5 Å². The van der Waals surface area contributed by atoms with Gasteiger partial charge >= 0.3 is 0 Å². The summed E-state index contributed by atoms with van der Waals surface area (Å²) < 4.78 is 0. The standard InChI is InChI=1S/C16H14N2O2/c1-18(11-5-4-6-12(19)9-11)16(20)14-10-17-15-8-3-2-7-13(14)15/h2-10,17,19H,1H3. The van der Waals surface area contributed by atoms with Gasteiger partial charge in [0.05, 0.1) is 5.56 Å². The second-order valence-corrected chi connectivity index (χ2v) is 4.63. The number of hydrogen-bond acceptors (Lipinski definition) is 2. The Morgan fingerprint density at radius 1 is 1.15 bits per heavy atom. The highest BCUT2D eigenvalue weighted by Gasteiger charge is 2.17. The van der Waals surface area contributed by atoms with Crippen LogP contribution in [0, 0.1) is 0 Å². The molecule has 0 saturated heterocycles. The molecule has 20 heavy (non-hydrogen) atoms. The third kappa shape index (κ3) is 2.01. The summed E-state index contributed by atoms with van der Waals surface area (Å²) in [6, 6.07) is 14.3. The Bertz CT molecular complexity index is 777. The quantitative estimate of drug-likeness (QED) is 0.748. The lowest BCUT2D eigenvalue weighted by molar-refractivity contribution is 0.0994. The summed E-state index contributed by atoms with van der Waals surface area (Å²) in [5, 5.41) is 10.4. The number of para-hydroxylation sites is 1. The number of benzene rings is 2. The Labute approximate surface area is 116 Å². The van der Waals surface area contributed by atoms with Crippen LogP contribution in [0.15, 0.2) is 54.7 Å². The van der Waals surface area contributed by atoms with Crippen LogP contribution in [0.2, 0.25) is 0 Å². The zero-order chi connectivity index (χ0) is 14.1. The fourth-order valence-corrected chi connectivity index (χ4v) is 2.25. The molecule has 2 aromatic carbocycles. The van der Waals surface area contributed by atoms with E-state index in [1.807, 2.05) is 24.3 Å². The zero-order valence-corrected chi connectivity index (χ0v) is 11.0. The summed E-state index contributed by atoms with van der Waals surface area (Å²) in [4.78, 5) is 17.2. The number of phenols is 1. The number of amides is 1. The number of aromatic amines is 1. The van der Waals surface area contributed by atoms with E-state index in [9.17, 15) is 9.90 Å². The van der Waals surface area contributed by atoms with Gasteiger partial charge in [-0.3, -0.25) is 4.79 Å². The van der Waals surface area contributed by atoms with Crippen LogP contribution in [0.4, 0.5) is 5.69 Å². The highest BCUT2D eigenvalue weighted by molar-refractivity contribution is 6.13. The molecule has 4 heteroatoms. The molecule has 1 amide bonds. The first-order valence-corrected chi connectivity index (χ1v) is 6.30. The number of hydrogen-bond donors (Lipinski definition) is 2. The van der Waals surface area contributed by atoms with Gasteiger partial charge in [0.25, 0.3) is 5.91 Å². The lowest BCUT2D eigenvalue weighted by Crippen LogP contribution is -2.25. The Morgan fingerprint density at radius 3 is 2.75 bits per heavy atom. The van der Waals surface area contributed by atoms with E-state index >= 15 is 0 Å². The number of aromatic nitrogens is 1. The fourth-order valence-electron chi connectivity index (χ4n) is 2.25. The van der Waals surface area contributed by atoms with E-state index in [4.69, 9.17) is 0 Å². The molecule has 0 spiro atoms. The number of fused-ring (bicyclic) bond motifs is 1. The summed E-state index contributed by atoms with van der Waals surface area (Å²) in [7, 11) is 1.69. The molecule has 0 bridgehead atoms. The minimum Gasteiger partial charge on any atom is -0.508 e. The molecule has 0 radical (unpaired) electrons. The topological polar surface area (TPSA) is 56.3 Å². The average molecular weight is 266 g/mol. The average Bonchev–Trinajstić information content (AvgIpc) is 2.89. The number of carbonyl (C=O) groups excluding carboxylic acids is 1. The molecule has 0 aliphatic heterocycles. The molecule has 0 fully saturated rings. The van der Waals surface area contributed by atoms with Crippen LogP contribution < -0.4 is 4.90 Å². The van der Waals surface area contributed by atoms with Crippen molar-refractivity contribution in [3.63, 3.8) is 0 Å². The van der Waals surface area contributed by atoms with Crippen molar-refractivity contribution in [2.75, 3.05) is 11.9 Å². The van der Waals surface area contributed by atoms with E-state index in [2.05, 4.69) is 4.98 Å². The minimum absolute atomic E-state index is 0.118. The van der Waals surface area contributed by atoms with Crippen molar-refractivity contribution in [3.8, 4) is 5.75 Å². The number of nitrogens with zero attached hydrogens (tertiary/aromatic N) is 1. The molecule has 0 atom stereocenters. The van der Waals surface area contributed by atoms with Gasteiger partial charge in [0.15, 0.2) is 0 Å². The summed E-state index contributed by atoms with van der Waals surface area (Å²) in [6.45, 7) is 0. The van der Waals surface area contributed by atoms with Crippen molar-refractivity contribution in [1.82, 2.24) is 4.98 Å². The summed E-state index contributed by atoms with van der Waals surface area (Å²) in [5.41, 5.74) is 2.20. The molecule has 100 valence electrons. The molecule has 3 rings (SSSR count). The number of phenolic OH excluding ortho intramolecular Hbond substituents is 1. The smallest absolute Gasteiger partial charge is 0.260 e. The summed E-state index contributed by atoms with van der Waals surface area (Å²) >= 11 is 0.